The lowest BCUT2D eigenvalue weighted by atomic mass is 10.1. The third-order valence-electron chi connectivity index (χ3n) is 7.10. The summed E-state index contributed by atoms with van der Waals surface area (Å²) in [7, 11) is 2.13. The first-order valence-electron chi connectivity index (χ1n) is 13.2. The molecular formula is C30H34N6O2. The van der Waals surface area contributed by atoms with E-state index in [0.717, 1.165) is 62.4 Å². The molecule has 0 fully saturated rings. The highest BCUT2D eigenvalue weighted by Gasteiger charge is 2.17. The molecule has 2 heterocycles. The van der Waals surface area contributed by atoms with E-state index in [1.807, 2.05) is 41.0 Å². The summed E-state index contributed by atoms with van der Waals surface area (Å²) in [5, 5.41) is 7.14. The van der Waals surface area contributed by atoms with E-state index >= 15 is 0 Å². The Hall–Kier alpha value is -4.17. The SMILES string of the molecule is CCCN(C)CCNc1ccc(Nc2cc3c(cn2)c(=O)c(C(N)=O)cn3-c2ccc3c(c2)CCC3)cc1. The number of carbonyl (C=O) groups is 1. The van der Waals surface area contributed by atoms with Crippen LogP contribution in [0.4, 0.5) is 17.2 Å². The zero-order valence-electron chi connectivity index (χ0n) is 22.0. The average Bonchev–Trinajstić information content (AvgIpc) is 3.38. The maximum absolute atomic E-state index is 13.0. The summed E-state index contributed by atoms with van der Waals surface area (Å²) in [5.74, 6) is -0.153. The van der Waals surface area contributed by atoms with Crippen molar-refractivity contribution in [1.82, 2.24) is 14.5 Å². The van der Waals surface area contributed by atoms with Crippen LogP contribution in [0.1, 0.15) is 41.3 Å². The molecule has 196 valence electrons. The first-order chi connectivity index (χ1) is 18.4. The molecule has 38 heavy (non-hydrogen) atoms. The summed E-state index contributed by atoms with van der Waals surface area (Å²) in [5.41, 5.74) is 11.2. The van der Waals surface area contributed by atoms with Gasteiger partial charge in [0.2, 0.25) is 5.43 Å². The molecule has 8 nitrogen and oxygen atoms in total. The van der Waals surface area contributed by atoms with Gasteiger partial charge in [0.25, 0.3) is 5.91 Å². The second-order valence-electron chi connectivity index (χ2n) is 9.93. The van der Waals surface area contributed by atoms with Crippen molar-refractivity contribution < 1.29 is 4.79 Å². The Morgan fingerprint density at radius 3 is 2.58 bits per heavy atom. The highest BCUT2D eigenvalue weighted by molar-refractivity contribution is 5.97. The average molecular weight is 511 g/mol. The Morgan fingerprint density at radius 2 is 1.82 bits per heavy atom. The Bertz CT molecular complexity index is 1530. The lowest BCUT2D eigenvalue weighted by Crippen LogP contribution is -2.25. The molecule has 4 aromatic rings. The molecule has 0 radical (unpaired) electrons. The van der Waals surface area contributed by atoms with E-state index in [-0.39, 0.29) is 5.56 Å². The molecule has 0 atom stereocenters. The standard InChI is InChI=1S/C30H34N6O2/c1-3-14-35(2)15-13-32-22-8-10-23(11-9-22)34-28-17-27-25(18-33-28)29(37)26(30(31)38)19-36(27)24-12-7-20-5-4-6-21(20)16-24/h7-12,16-19,32H,3-6,13-15H2,1-2H3,(H2,31,38)(H,33,34). The number of nitrogens with zero attached hydrogens (tertiary/aromatic N) is 3. The van der Waals surface area contributed by atoms with Crippen LogP contribution in [0.3, 0.4) is 0 Å². The minimum atomic E-state index is -0.750. The van der Waals surface area contributed by atoms with Gasteiger partial charge in [-0.05, 0) is 86.8 Å². The Morgan fingerprint density at radius 1 is 1.05 bits per heavy atom. The highest BCUT2D eigenvalue weighted by Crippen LogP contribution is 2.27. The molecule has 1 aliphatic carbocycles. The monoisotopic (exact) mass is 510 g/mol. The number of aromatic nitrogens is 2. The van der Waals surface area contributed by atoms with Crippen LogP contribution in [-0.2, 0) is 12.8 Å². The molecule has 0 unspecified atom stereocenters. The van der Waals surface area contributed by atoms with Crippen molar-refractivity contribution >= 4 is 34.0 Å². The smallest absolute Gasteiger partial charge is 0.254 e. The van der Waals surface area contributed by atoms with Gasteiger partial charge in [0.1, 0.15) is 11.4 Å². The first kappa shape index (κ1) is 25.5. The van der Waals surface area contributed by atoms with E-state index < -0.39 is 11.3 Å². The zero-order chi connectivity index (χ0) is 26.6. The number of amides is 1. The number of nitrogens with one attached hydrogen (secondary N) is 2. The van der Waals surface area contributed by atoms with Gasteiger partial charge in [-0.1, -0.05) is 13.0 Å². The van der Waals surface area contributed by atoms with Crippen LogP contribution in [0.5, 0.6) is 0 Å². The number of fused-ring (bicyclic) bond motifs is 2. The lowest BCUT2D eigenvalue weighted by Gasteiger charge is -2.16. The van der Waals surface area contributed by atoms with Crippen LogP contribution in [0, 0.1) is 0 Å². The van der Waals surface area contributed by atoms with Gasteiger partial charge in [0.05, 0.1) is 10.9 Å². The second kappa shape index (κ2) is 11.1. The molecule has 2 aromatic heterocycles. The van der Waals surface area contributed by atoms with Gasteiger partial charge in [0.15, 0.2) is 0 Å². The number of nitrogens with two attached hydrogens (primary N) is 1. The predicted molar refractivity (Wildman–Crippen MR) is 154 cm³/mol. The lowest BCUT2D eigenvalue weighted by molar-refractivity contribution is 0.0999. The van der Waals surface area contributed by atoms with Crippen molar-refractivity contribution in [2.45, 2.75) is 32.6 Å². The molecule has 0 aliphatic heterocycles. The summed E-state index contributed by atoms with van der Waals surface area (Å²) in [6.45, 7) is 5.14. The maximum atomic E-state index is 13.0. The number of benzene rings is 2. The first-order valence-corrected chi connectivity index (χ1v) is 13.2. The summed E-state index contributed by atoms with van der Waals surface area (Å²) in [6, 6.07) is 16.2. The van der Waals surface area contributed by atoms with Crippen molar-refractivity contribution in [2.75, 3.05) is 37.3 Å². The van der Waals surface area contributed by atoms with Crippen molar-refractivity contribution in [3.63, 3.8) is 0 Å². The molecule has 0 saturated heterocycles. The molecule has 1 amide bonds. The number of likely N-dealkylation sites (N-methyl/N-ethyl adjacent to an activating group) is 1. The number of anilines is 3. The van der Waals surface area contributed by atoms with Crippen molar-refractivity contribution in [3.05, 3.63) is 87.8 Å². The fraction of sp³-hybridized carbons (Fsp3) is 0.300. The second-order valence-corrected chi connectivity index (χ2v) is 9.93. The number of hydrogen-bond donors (Lipinski definition) is 3. The molecule has 8 heteroatoms. The summed E-state index contributed by atoms with van der Waals surface area (Å²) in [4.78, 5) is 31.9. The molecule has 4 N–H and O–H groups in total. The minimum absolute atomic E-state index is 0.0514. The van der Waals surface area contributed by atoms with Crippen LogP contribution in [0.15, 0.2) is 65.7 Å². The van der Waals surface area contributed by atoms with Crippen LogP contribution in [0.25, 0.3) is 16.6 Å². The van der Waals surface area contributed by atoms with E-state index in [0.29, 0.717) is 16.7 Å². The van der Waals surface area contributed by atoms with Gasteiger partial charge in [-0.25, -0.2) is 4.98 Å². The van der Waals surface area contributed by atoms with E-state index in [9.17, 15) is 9.59 Å². The Labute approximate surface area is 222 Å². The van der Waals surface area contributed by atoms with E-state index in [1.165, 1.54) is 17.3 Å². The number of aryl methyl sites for hydroxylation is 2. The minimum Gasteiger partial charge on any atom is -0.384 e. The zero-order valence-corrected chi connectivity index (χ0v) is 22.0. The number of primary amides is 1. The quantitative estimate of drug-likeness (QED) is 0.291. The van der Waals surface area contributed by atoms with E-state index in [4.69, 9.17) is 5.73 Å². The number of hydrogen-bond acceptors (Lipinski definition) is 6. The third-order valence-corrected chi connectivity index (χ3v) is 7.10. The molecule has 1 aliphatic rings. The van der Waals surface area contributed by atoms with Gasteiger partial charge in [0, 0.05) is 48.6 Å². The Kier molecular flexibility index (Phi) is 7.42. The number of carbonyl (C=O) groups excluding carboxylic acids is 1. The van der Waals surface area contributed by atoms with Crippen molar-refractivity contribution in [1.29, 1.82) is 0 Å². The number of rotatable bonds is 10. The normalized spacial score (nSPS) is 12.6. The van der Waals surface area contributed by atoms with E-state index in [1.54, 1.807) is 6.20 Å². The van der Waals surface area contributed by atoms with E-state index in [2.05, 4.69) is 46.6 Å². The van der Waals surface area contributed by atoms with Gasteiger partial charge < -0.3 is 25.8 Å². The number of pyridine rings is 2. The maximum Gasteiger partial charge on any atom is 0.254 e. The van der Waals surface area contributed by atoms with Gasteiger partial charge in [-0.15, -0.1) is 0 Å². The molecular weight excluding hydrogens is 476 g/mol. The van der Waals surface area contributed by atoms with Crippen molar-refractivity contribution in [2.24, 2.45) is 5.73 Å². The molecule has 5 rings (SSSR count). The van der Waals surface area contributed by atoms with Crippen LogP contribution in [-0.4, -0.2) is 47.0 Å². The van der Waals surface area contributed by atoms with Crippen LogP contribution < -0.4 is 21.8 Å². The van der Waals surface area contributed by atoms with Crippen molar-refractivity contribution in [3.8, 4) is 5.69 Å². The summed E-state index contributed by atoms with van der Waals surface area (Å²) >= 11 is 0. The van der Waals surface area contributed by atoms with Gasteiger partial charge in [-0.2, -0.15) is 0 Å². The van der Waals surface area contributed by atoms with Gasteiger partial charge in [-0.3, -0.25) is 9.59 Å². The fourth-order valence-electron chi connectivity index (χ4n) is 5.09. The summed E-state index contributed by atoms with van der Waals surface area (Å²) in [6.07, 6.45) is 7.45. The van der Waals surface area contributed by atoms with Gasteiger partial charge >= 0.3 is 0 Å². The topological polar surface area (TPSA) is 105 Å². The summed E-state index contributed by atoms with van der Waals surface area (Å²) < 4.78 is 1.87. The predicted octanol–water partition coefficient (Wildman–Crippen LogP) is 4.47. The Balaban J connectivity index is 1.42. The molecule has 0 bridgehead atoms. The third kappa shape index (κ3) is 5.40. The molecule has 0 spiro atoms. The fourth-order valence-corrected chi connectivity index (χ4v) is 5.09. The molecule has 2 aromatic carbocycles. The van der Waals surface area contributed by atoms with Crippen LogP contribution in [0.2, 0.25) is 0 Å². The highest BCUT2D eigenvalue weighted by atomic mass is 16.2. The largest absolute Gasteiger partial charge is 0.384 e. The van der Waals surface area contributed by atoms with Crippen LogP contribution >= 0.6 is 0 Å². The molecule has 0 saturated carbocycles.